The molecule has 0 saturated carbocycles. The molecule has 0 radical (unpaired) electrons. The summed E-state index contributed by atoms with van der Waals surface area (Å²) in [6.07, 6.45) is 0. The Labute approximate surface area is 21.7 Å². The molecule has 0 atom stereocenters. The van der Waals surface area contributed by atoms with Gasteiger partial charge in [0.25, 0.3) is 0 Å². The van der Waals surface area contributed by atoms with Crippen molar-refractivity contribution in [1.82, 2.24) is 0 Å². The molecule has 0 amide bonds. The van der Waals surface area contributed by atoms with Crippen LogP contribution in [0.4, 0.5) is 4.53 Å². The number of hydrogen-bond donors (Lipinski definition) is 1. The fourth-order valence-electron chi connectivity index (χ4n) is 0. The minimum Gasteiger partial charge on any atom is -0.166 e. The van der Waals surface area contributed by atoms with Crippen molar-refractivity contribution in [1.29, 1.82) is 5.53 Å². The fourth-order valence-corrected chi connectivity index (χ4v) is 0. The SMILES string of the molecule is N=NOF. The summed E-state index contributed by atoms with van der Waals surface area (Å²) in [7, 11) is 0. The third-order valence-corrected chi connectivity index (χ3v) is 0.0345. The van der Waals surface area contributed by atoms with E-state index in [0.29, 0.717) is 0 Å². The molecule has 24 valence electrons. The predicted octanol–water partition coefficient (Wildman–Crippen LogP) is 0.833. The first-order chi connectivity index (χ1) is 1.91. The van der Waals surface area contributed by atoms with Crippen LogP contribution in [0.2, 0.25) is 0 Å². The van der Waals surface area contributed by atoms with Gasteiger partial charge in [-0.2, -0.15) is 10.6 Å². The number of halogens is 1. The van der Waals surface area contributed by atoms with Gasteiger partial charge < -0.3 is 0 Å². The van der Waals surface area contributed by atoms with Crippen LogP contribution >= 0.6 is 0 Å². The Morgan fingerprint density at radius 2 is 2.25 bits per heavy atom. The van der Waals surface area contributed by atoms with Crippen LogP contribution in [0, 0.1) is 5.53 Å². The largest absolute Gasteiger partial charge is 0.166 e. The predicted molar refractivity (Wildman–Crippen MR) is 7.34 cm³/mol. The van der Waals surface area contributed by atoms with Crippen LogP contribution in [-0.2, 0) is 5.04 Å². The molecule has 0 rings (SSSR count). The Hall–Kier alpha value is -0.670. The summed E-state index contributed by atoms with van der Waals surface area (Å²) < 4.78 is 9.87. The van der Waals surface area contributed by atoms with Gasteiger partial charge in [0.2, 0.25) is 0 Å². The van der Waals surface area contributed by atoms with Crippen LogP contribution in [0.3, 0.4) is 0 Å². The summed E-state index contributed by atoms with van der Waals surface area (Å²) >= 11 is 0. The Kier molecular flexibility index (Phi) is 1.94. The van der Waals surface area contributed by atoms with Crippen molar-refractivity contribution < 1.29 is 9.57 Å². The second-order valence-electron chi connectivity index (χ2n) is 0.160. The lowest BCUT2D eigenvalue weighted by Gasteiger charge is -1.56. The molecule has 1 N–H and O–H groups in total. The highest BCUT2D eigenvalue weighted by molar-refractivity contribution is 3.31. The quantitative estimate of drug-likeness (QED) is 0.356. The molecule has 3 nitrogen and oxygen atoms in total. The van der Waals surface area contributed by atoms with E-state index in [-0.39, 0.29) is 0 Å². The van der Waals surface area contributed by atoms with E-state index in [0.717, 1.165) is 0 Å². The molecule has 0 aromatic rings. The Balaban J connectivity index is 2.30. The topological polar surface area (TPSA) is 45.4 Å². The van der Waals surface area contributed by atoms with Crippen LogP contribution in [0.15, 0.2) is 5.28 Å². The summed E-state index contributed by atoms with van der Waals surface area (Å²) in [6, 6.07) is 0. The normalized spacial score (nSPS) is 5.25. The third kappa shape index (κ3) is 1.33. The molecule has 0 aliphatic rings. The summed E-state index contributed by atoms with van der Waals surface area (Å²) in [5.74, 6) is 0. The first kappa shape index (κ1) is 3.33. The lowest BCUT2D eigenvalue weighted by atomic mass is 13.1. The zero-order valence-electron chi connectivity index (χ0n) is 1.73. The van der Waals surface area contributed by atoms with E-state index in [2.05, 4.69) is 5.04 Å². The Morgan fingerprint density at radius 1 is 2.00 bits per heavy atom. The van der Waals surface area contributed by atoms with Gasteiger partial charge in [0, 0.05) is 4.53 Å². The molecule has 0 aliphatic heterocycles. The van der Waals surface area contributed by atoms with Gasteiger partial charge >= 0.3 is 0 Å². The van der Waals surface area contributed by atoms with Crippen molar-refractivity contribution in [2.45, 2.75) is 0 Å². The highest BCUT2D eigenvalue weighted by Gasteiger charge is 1.46. The number of nitrogens with one attached hydrogen (secondary N) is 1. The molecule has 0 heterocycles. The van der Waals surface area contributed by atoms with E-state index in [1.165, 1.54) is 0 Å². The summed E-state index contributed by atoms with van der Waals surface area (Å²) in [4.78, 5) is 0. The monoisotopic (exact) mass is 64.0 g/mol. The molecule has 4 heavy (non-hydrogen) atoms. The Morgan fingerprint density at radius 3 is 2.25 bits per heavy atom. The summed E-state index contributed by atoms with van der Waals surface area (Å²) in [5.41, 5.74) is 5.48. The molecule has 0 fully saturated rings. The highest BCUT2D eigenvalue weighted by Crippen LogP contribution is 1.64. The fraction of sp³-hybridized carbons (Fsp3) is 0. The maximum absolute atomic E-state index is 9.87. The average molecular weight is 64.0 g/mol. The van der Waals surface area contributed by atoms with E-state index in [1.54, 1.807) is 0 Å². The maximum atomic E-state index is 9.87. The third-order valence-electron chi connectivity index (χ3n) is 0.0345. The summed E-state index contributed by atoms with van der Waals surface area (Å²) in [5, 5.41) is 4.15. The smallest absolute Gasteiger partial charge is 0.0632 e. The number of rotatable bonds is 1. The lowest BCUT2D eigenvalue weighted by molar-refractivity contribution is -0.145. The molecule has 0 saturated heterocycles. The van der Waals surface area contributed by atoms with E-state index in [1.807, 2.05) is 5.28 Å². The van der Waals surface area contributed by atoms with Crippen molar-refractivity contribution in [3.63, 3.8) is 0 Å². The molecule has 0 aromatic heterocycles. The van der Waals surface area contributed by atoms with Gasteiger partial charge in [-0.3, -0.25) is 0 Å². The van der Waals surface area contributed by atoms with Gasteiger partial charge in [-0.05, 0) is 0 Å². The van der Waals surface area contributed by atoms with Crippen molar-refractivity contribution in [2.24, 2.45) is 5.28 Å². The highest BCUT2D eigenvalue weighted by atomic mass is 19.3. The van der Waals surface area contributed by atoms with Crippen molar-refractivity contribution in [3.05, 3.63) is 0 Å². The standard InChI is InChI=1S/FHN2O/c1-4-3-2/h2H. The van der Waals surface area contributed by atoms with Crippen LogP contribution < -0.4 is 0 Å². The van der Waals surface area contributed by atoms with Crippen LogP contribution in [0.25, 0.3) is 0 Å². The maximum Gasteiger partial charge on any atom is 0.0632 e. The van der Waals surface area contributed by atoms with Gasteiger partial charge in [0.1, 0.15) is 0 Å². The first-order valence-electron chi connectivity index (χ1n) is 0.560. The van der Waals surface area contributed by atoms with Gasteiger partial charge in [-0.25, -0.2) is 0 Å². The van der Waals surface area contributed by atoms with Gasteiger partial charge in [0.15, 0.2) is 0 Å². The lowest BCUT2D eigenvalue weighted by Crippen LogP contribution is -1.41. The Bertz CT molecular complexity index is 20.0. The van der Waals surface area contributed by atoms with Crippen LogP contribution in [0.5, 0.6) is 0 Å². The zero-order valence-corrected chi connectivity index (χ0v) is 1.73. The molecular formula is HFN2O. The zero-order chi connectivity index (χ0) is 3.41. The molecule has 0 unspecified atom stereocenters. The molecular weight excluding hydrogens is 63.0 g/mol. The molecule has 0 bridgehead atoms. The van der Waals surface area contributed by atoms with E-state index >= 15 is 0 Å². The van der Waals surface area contributed by atoms with Gasteiger partial charge in [-0.1, -0.05) is 0 Å². The summed E-state index contributed by atoms with van der Waals surface area (Å²) in [6.45, 7) is 0. The minimum atomic E-state index is 1.82. The number of hydrogen-bond acceptors (Lipinski definition) is 3. The first-order valence-corrected chi connectivity index (χ1v) is 0.560. The van der Waals surface area contributed by atoms with E-state index < -0.39 is 0 Å². The molecule has 0 aliphatic carbocycles. The van der Waals surface area contributed by atoms with Crippen molar-refractivity contribution in [3.8, 4) is 0 Å². The second-order valence-corrected chi connectivity index (χ2v) is 0.160. The van der Waals surface area contributed by atoms with Gasteiger partial charge in [0.05, 0.1) is 5.28 Å². The molecule has 0 aromatic carbocycles. The molecule has 0 spiro atoms. The minimum absolute atomic E-state index is 1.82. The second kappa shape index (κ2) is 2.33. The average Bonchev–Trinajstić information content (AvgIpc) is 1.37. The van der Waals surface area contributed by atoms with Gasteiger partial charge in [-0.15, -0.1) is 0 Å². The molecule has 4 heteroatoms. The van der Waals surface area contributed by atoms with E-state index in [9.17, 15) is 4.53 Å². The van der Waals surface area contributed by atoms with Crippen molar-refractivity contribution >= 4 is 0 Å². The van der Waals surface area contributed by atoms with Crippen molar-refractivity contribution in [2.75, 3.05) is 0 Å². The number of nitrogens with zero attached hydrogens (tertiary/aromatic N) is 1. The van der Waals surface area contributed by atoms with Crippen LogP contribution in [0.1, 0.15) is 0 Å². The van der Waals surface area contributed by atoms with Crippen LogP contribution in [-0.4, -0.2) is 0 Å². The van der Waals surface area contributed by atoms with E-state index in [4.69, 9.17) is 5.53 Å².